The molecule has 0 aliphatic heterocycles. The molecule has 3 N–H and O–H groups in total. The van der Waals surface area contributed by atoms with E-state index in [1.54, 1.807) is 7.11 Å². The molecule has 0 aliphatic rings. The first-order valence-corrected chi connectivity index (χ1v) is 5.75. The maximum absolute atomic E-state index is 10.1. The topological polar surface area (TPSA) is 61.7 Å². The van der Waals surface area contributed by atoms with E-state index in [0.717, 1.165) is 22.4 Å². The zero-order valence-corrected chi connectivity index (χ0v) is 10.7. The average Bonchev–Trinajstić information content (AvgIpc) is 2.28. The standard InChI is InChI=1S/C13H21NO3/c1-9-6-10(2)13(17-3)11(7-9)12(16)8-14-4-5-15/h6-7,12,14-16H,4-5,8H2,1-3H3. The van der Waals surface area contributed by atoms with Crippen LogP contribution in [0.1, 0.15) is 22.8 Å². The van der Waals surface area contributed by atoms with Gasteiger partial charge in [0.15, 0.2) is 0 Å². The van der Waals surface area contributed by atoms with Crippen LogP contribution in [0.4, 0.5) is 0 Å². The Morgan fingerprint density at radius 1 is 1.35 bits per heavy atom. The van der Waals surface area contributed by atoms with Gasteiger partial charge in [0, 0.05) is 18.7 Å². The second-order valence-corrected chi connectivity index (χ2v) is 4.15. The molecule has 1 rings (SSSR count). The Labute approximate surface area is 102 Å². The molecule has 0 aromatic heterocycles. The zero-order chi connectivity index (χ0) is 12.8. The van der Waals surface area contributed by atoms with Gasteiger partial charge in [0.05, 0.1) is 19.8 Å². The number of benzene rings is 1. The number of aliphatic hydroxyl groups excluding tert-OH is 2. The highest BCUT2D eigenvalue weighted by Crippen LogP contribution is 2.29. The van der Waals surface area contributed by atoms with Crippen molar-refractivity contribution >= 4 is 0 Å². The largest absolute Gasteiger partial charge is 0.496 e. The second kappa shape index (κ2) is 6.59. The van der Waals surface area contributed by atoms with E-state index < -0.39 is 6.10 Å². The van der Waals surface area contributed by atoms with Gasteiger partial charge in [-0.1, -0.05) is 11.6 Å². The van der Waals surface area contributed by atoms with Gasteiger partial charge in [0.2, 0.25) is 0 Å². The van der Waals surface area contributed by atoms with Crippen LogP contribution < -0.4 is 10.1 Å². The van der Waals surface area contributed by atoms with E-state index in [9.17, 15) is 5.11 Å². The van der Waals surface area contributed by atoms with Gasteiger partial charge in [-0.3, -0.25) is 0 Å². The second-order valence-electron chi connectivity index (χ2n) is 4.15. The lowest BCUT2D eigenvalue weighted by Crippen LogP contribution is -2.24. The molecule has 1 unspecified atom stereocenters. The molecule has 1 aromatic rings. The fraction of sp³-hybridized carbons (Fsp3) is 0.538. The van der Waals surface area contributed by atoms with Crippen molar-refractivity contribution in [3.63, 3.8) is 0 Å². The summed E-state index contributed by atoms with van der Waals surface area (Å²) in [6, 6.07) is 3.95. The van der Waals surface area contributed by atoms with E-state index >= 15 is 0 Å². The lowest BCUT2D eigenvalue weighted by molar-refractivity contribution is 0.166. The normalized spacial score (nSPS) is 12.5. The van der Waals surface area contributed by atoms with E-state index in [1.807, 2.05) is 26.0 Å². The lowest BCUT2D eigenvalue weighted by Gasteiger charge is -2.18. The third-order valence-corrected chi connectivity index (χ3v) is 2.64. The van der Waals surface area contributed by atoms with Gasteiger partial charge in [-0.2, -0.15) is 0 Å². The summed E-state index contributed by atoms with van der Waals surface area (Å²) >= 11 is 0. The number of hydrogen-bond donors (Lipinski definition) is 3. The minimum atomic E-state index is -0.630. The predicted molar refractivity (Wildman–Crippen MR) is 67.4 cm³/mol. The highest BCUT2D eigenvalue weighted by Gasteiger charge is 2.15. The van der Waals surface area contributed by atoms with Gasteiger partial charge in [-0.25, -0.2) is 0 Å². The van der Waals surface area contributed by atoms with Crippen LogP contribution in [0, 0.1) is 13.8 Å². The van der Waals surface area contributed by atoms with E-state index in [0.29, 0.717) is 13.1 Å². The molecule has 4 nitrogen and oxygen atoms in total. The summed E-state index contributed by atoms with van der Waals surface area (Å²) in [7, 11) is 1.61. The first-order chi connectivity index (χ1) is 8.10. The molecule has 0 aliphatic carbocycles. The Kier molecular flexibility index (Phi) is 5.41. The maximum atomic E-state index is 10.1. The van der Waals surface area contributed by atoms with Crippen molar-refractivity contribution in [2.45, 2.75) is 20.0 Å². The highest BCUT2D eigenvalue weighted by atomic mass is 16.5. The molecule has 17 heavy (non-hydrogen) atoms. The third kappa shape index (κ3) is 3.70. The van der Waals surface area contributed by atoms with Crippen molar-refractivity contribution < 1.29 is 14.9 Å². The molecule has 0 heterocycles. The fourth-order valence-corrected chi connectivity index (χ4v) is 1.94. The Morgan fingerprint density at radius 3 is 2.65 bits per heavy atom. The number of rotatable bonds is 6. The van der Waals surface area contributed by atoms with Gasteiger partial charge in [-0.05, 0) is 25.5 Å². The van der Waals surface area contributed by atoms with Crippen LogP contribution in [0.5, 0.6) is 5.75 Å². The highest BCUT2D eigenvalue weighted by molar-refractivity contribution is 5.45. The number of aliphatic hydroxyl groups is 2. The molecule has 0 radical (unpaired) electrons. The van der Waals surface area contributed by atoms with Crippen molar-refractivity contribution in [1.82, 2.24) is 5.32 Å². The molecule has 0 saturated carbocycles. The zero-order valence-electron chi connectivity index (χ0n) is 10.7. The van der Waals surface area contributed by atoms with E-state index in [2.05, 4.69) is 5.32 Å². The van der Waals surface area contributed by atoms with E-state index in [4.69, 9.17) is 9.84 Å². The molecule has 0 bridgehead atoms. The van der Waals surface area contributed by atoms with Crippen LogP contribution in [-0.4, -0.2) is 37.0 Å². The molecule has 0 amide bonds. The monoisotopic (exact) mass is 239 g/mol. The fourth-order valence-electron chi connectivity index (χ4n) is 1.94. The summed E-state index contributed by atoms with van der Waals surface area (Å²) in [6.45, 7) is 4.90. The Bertz CT molecular complexity index is 366. The van der Waals surface area contributed by atoms with Crippen molar-refractivity contribution in [2.75, 3.05) is 26.8 Å². The molecule has 1 atom stereocenters. The van der Waals surface area contributed by atoms with E-state index in [1.165, 1.54) is 0 Å². The number of nitrogens with one attached hydrogen (secondary N) is 1. The minimum Gasteiger partial charge on any atom is -0.496 e. The van der Waals surface area contributed by atoms with Gasteiger partial charge >= 0.3 is 0 Å². The Balaban J connectivity index is 2.87. The number of methoxy groups -OCH3 is 1. The number of hydrogen-bond acceptors (Lipinski definition) is 4. The Hall–Kier alpha value is -1.10. The summed E-state index contributed by atoms with van der Waals surface area (Å²) in [5.41, 5.74) is 2.90. The molecule has 4 heteroatoms. The minimum absolute atomic E-state index is 0.0662. The van der Waals surface area contributed by atoms with Crippen molar-refractivity contribution in [2.24, 2.45) is 0 Å². The van der Waals surface area contributed by atoms with Crippen LogP contribution in [0.2, 0.25) is 0 Å². The van der Waals surface area contributed by atoms with Gasteiger partial charge in [-0.15, -0.1) is 0 Å². The van der Waals surface area contributed by atoms with Crippen molar-refractivity contribution in [3.8, 4) is 5.75 Å². The summed E-state index contributed by atoms with van der Waals surface area (Å²) < 4.78 is 5.32. The van der Waals surface area contributed by atoms with Gasteiger partial charge in [0.1, 0.15) is 5.75 Å². The van der Waals surface area contributed by atoms with Crippen LogP contribution in [0.3, 0.4) is 0 Å². The third-order valence-electron chi connectivity index (χ3n) is 2.64. The molecule has 1 aromatic carbocycles. The van der Waals surface area contributed by atoms with Crippen molar-refractivity contribution in [3.05, 3.63) is 28.8 Å². The summed E-state index contributed by atoms with van der Waals surface area (Å²) in [4.78, 5) is 0. The first kappa shape index (κ1) is 14.0. The molecule has 0 spiro atoms. The van der Waals surface area contributed by atoms with Crippen LogP contribution in [-0.2, 0) is 0 Å². The molecular weight excluding hydrogens is 218 g/mol. The molecular formula is C13H21NO3. The summed E-state index contributed by atoms with van der Waals surface area (Å²) in [6.07, 6.45) is -0.630. The number of ether oxygens (including phenoxy) is 1. The van der Waals surface area contributed by atoms with Crippen LogP contribution in [0.15, 0.2) is 12.1 Å². The summed E-state index contributed by atoms with van der Waals surface area (Å²) in [5, 5.41) is 21.7. The first-order valence-electron chi connectivity index (χ1n) is 5.75. The maximum Gasteiger partial charge on any atom is 0.127 e. The average molecular weight is 239 g/mol. The predicted octanol–water partition coefficient (Wildman–Crippen LogP) is 0.927. The molecule has 0 fully saturated rings. The van der Waals surface area contributed by atoms with Crippen LogP contribution in [0.25, 0.3) is 0 Å². The molecule has 0 saturated heterocycles. The van der Waals surface area contributed by atoms with Gasteiger partial charge in [0.25, 0.3) is 0 Å². The Morgan fingerprint density at radius 2 is 2.06 bits per heavy atom. The van der Waals surface area contributed by atoms with E-state index in [-0.39, 0.29) is 6.61 Å². The van der Waals surface area contributed by atoms with Crippen molar-refractivity contribution in [1.29, 1.82) is 0 Å². The SMILES string of the molecule is COc1c(C)cc(C)cc1C(O)CNCCO. The quantitative estimate of drug-likeness (QED) is 0.646. The molecule has 96 valence electrons. The number of aryl methyl sites for hydroxylation is 2. The smallest absolute Gasteiger partial charge is 0.127 e. The van der Waals surface area contributed by atoms with Gasteiger partial charge < -0.3 is 20.3 Å². The lowest BCUT2D eigenvalue weighted by atomic mass is 10.0. The van der Waals surface area contributed by atoms with Crippen LogP contribution >= 0.6 is 0 Å². The summed E-state index contributed by atoms with van der Waals surface area (Å²) in [5.74, 6) is 0.730.